The molecule has 2 aliphatic rings. The molecule has 0 unspecified atom stereocenters. The van der Waals surface area contributed by atoms with Crippen molar-refractivity contribution >= 4 is 36.7 Å². The maximum atomic E-state index is 11.9. The molecule has 2 aromatic heterocycles. The van der Waals surface area contributed by atoms with E-state index in [0.717, 1.165) is 6.33 Å². The summed E-state index contributed by atoms with van der Waals surface area (Å²) in [6, 6.07) is 0. The molecule has 0 spiro atoms. The highest BCUT2D eigenvalue weighted by atomic mass is 31.2. The van der Waals surface area contributed by atoms with Crippen molar-refractivity contribution in [2.24, 2.45) is 0 Å². The molecule has 0 aliphatic carbocycles. The van der Waals surface area contributed by atoms with Gasteiger partial charge in [0.2, 0.25) is 0 Å². The van der Waals surface area contributed by atoms with Crippen LogP contribution in [0.5, 0.6) is 0 Å². The van der Waals surface area contributed by atoms with Gasteiger partial charge in [-0.25, -0.2) is 29.1 Å². The van der Waals surface area contributed by atoms with Crippen molar-refractivity contribution in [3.8, 4) is 0 Å². The molecule has 4 rings (SSSR count). The average Bonchev–Trinajstić information content (AvgIpc) is 3.55. The van der Waals surface area contributed by atoms with E-state index in [9.17, 15) is 55.0 Å². The van der Waals surface area contributed by atoms with E-state index in [1.165, 1.54) is 10.9 Å². The minimum Gasteiger partial charge on any atom is -0.479 e. The van der Waals surface area contributed by atoms with Crippen LogP contribution in [0.4, 0.5) is 5.82 Å². The van der Waals surface area contributed by atoms with Gasteiger partial charge in [0.05, 0.1) is 19.5 Å². The second-order valence-corrected chi connectivity index (χ2v) is 11.6. The Morgan fingerprint density at radius 2 is 1.66 bits per heavy atom. The SMILES string of the molecule is Nc1ncnc2c1ncn2[C@@H]1O[C@@H](CO[C@@H]2[C@@H](O)[C@H](O)[C@@H](O[C@H](C(=O)O)[C@H](O)[C@H](OP(=O)(O)O)[C@H](O)C(=O)O)O[C@H]2CO)[C@H](O)[C@H]1O. The van der Waals surface area contributed by atoms with Crippen molar-refractivity contribution in [3.63, 3.8) is 0 Å². The Balaban J connectivity index is 1.45. The molecule has 264 valence electrons. The third-order valence-corrected chi connectivity index (χ3v) is 7.78. The van der Waals surface area contributed by atoms with Crippen LogP contribution in [-0.2, 0) is 37.6 Å². The molecule has 2 fully saturated rings. The standard InChI is InChI=1S/C22H32N5O19P/c23-17-7-18(25-3-24-17)27(4-26-7)19-10(31)8(29)6(43-19)2-42-14-5(1-28)44-22(11(32)9(14)30)45-16(21(37)38)12(33)15(13(34)20(35)36)46-47(39,40)41/h3-6,8-16,19,22,28-34H,1-2H2,(H,35,36)(H,37,38)(H2,23,24,25)(H2,39,40,41)/t5-,6-,8-,9-,10+,11-,12+,13-,14-,15-,16-,19+,22+/m0/s1. The van der Waals surface area contributed by atoms with Gasteiger partial charge in [-0.2, -0.15) is 0 Å². The van der Waals surface area contributed by atoms with E-state index in [2.05, 4.69) is 19.5 Å². The number of nitrogens with two attached hydrogens (primary N) is 1. The largest absolute Gasteiger partial charge is 0.479 e. The van der Waals surface area contributed by atoms with Crippen molar-refractivity contribution in [3.05, 3.63) is 12.7 Å². The molecule has 0 aromatic carbocycles. The molecule has 13 N–H and O–H groups in total. The van der Waals surface area contributed by atoms with Crippen LogP contribution in [0.25, 0.3) is 11.2 Å². The summed E-state index contributed by atoms with van der Waals surface area (Å²) in [5, 5.41) is 91.3. The zero-order valence-electron chi connectivity index (χ0n) is 23.6. The number of nitrogens with zero attached hydrogens (tertiary/aromatic N) is 4. The first-order valence-electron chi connectivity index (χ1n) is 13.4. The summed E-state index contributed by atoms with van der Waals surface area (Å²) in [6.07, 6.45) is -24.3. The topological polar surface area (TPSA) is 390 Å². The first-order chi connectivity index (χ1) is 22.0. The van der Waals surface area contributed by atoms with Gasteiger partial charge in [-0.15, -0.1) is 0 Å². The number of aromatic nitrogens is 4. The first-order valence-corrected chi connectivity index (χ1v) is 14.9. The number of carboxylic acids is 2. The van der Waals surface area contributed by atoms with Gasteiger partial charge in [-0.1, -0.05) is 0 Å². The summed E-state index contributed by atoms with van der Waals surface area (Å²) in [5.74, 6) is -4.26. The number of phosphoric ester groups is 1. The van der Waals surface area contributed by atoms with Crippen LogP contribution < -0.4 is 5.73 Å². The Morgan fingerprint density at radius 1 is 0.979 bits per heavy atom. The second-order valence-electron chi connectivity index (χ2n) is 10.4. The van der Waals surface area contributed by atoms with E-state index in [1.807, 2.05) is 0 Å². The lowest BCUT2D eigenvalue weighted by Crippen LogP contribution is -2.62. The molecule has 4 heterocycles. The summed E-state index contributed by atoms with van der Waals surface area (Å²) in [7, 11) is -5.64. The molecule has 0 saturated carbocycles. The maximum absolute atomic E-state index is 11.9. The summed E-state index contributed by atoms with van der Waals surface area (Å²) in [5.41, 5.74) is 6.13. The number of imidazole rings is 1. The Hall–Kier alpha value is -3.04. The van der Waals surface area contributed by atoms with Crippen molar-refractivity contribution < 1.29 is 93.4 Å². The molecule has 0 radical (unpaired) electrons. The minimum absolute atomic E-state index is 0.0418. The van der Waals surface area contributed by atoms with E-state index in [0.29, 0.717) is 0 Å². The molecule has 0 amide bonds. The number of phosphoric acid groups is 1. The van der Waals surface area contributed by atoms with Gasteiger partial charge in [-0.05, 0) is 0 Å². The molecular formula is C22H32N5O19P. The number of aliphatic hydroxyl groups excluding tert-OH is 7. The molecule has 0 bridgehead atoms. The average molecular weight is 701 g/mol. The van der Waals surface area contributed by atoms with Crippen LogP contribution in [-0.4, -0.2) is 174 Å². The van der Waals surface area contributed by atoms with Gasteiger partial charge < -0.3 is 80.4 Å². The second kappa shape index (κ2) is 14.6. The number of aliphatic carboxylic acids is 2. The predicted molar refractivity (Wildman–Crippen MR) is 142 cm³/mol. The fourth-order valence-corrected chi connectivity index (χ4v) is 5.49. The van der Waals surface area contributed by atoms with Crippen LogP contribution in [0.3, 0.4) is 0 Å². The van der Waals surface area contributed by atoms with E-state index >= 15 is 0 Å². The zero-order chi connectivity index (χ0) is 35.0. The lowest BCUT2D eigenvalue weighted by atomic mass is 9.98. The normalized spacial score (nSPS) is 32.6. The predicted octanol–water partition coefficient (Wildman–Crippen LogP) is -6.39. The molecule has 2 saturated heterocycles. The number of anilines is 1. The smallest absolute Gasteiger partial charge is 0.470 e. The number of ether oxygens (including phenoxy) is 4. The number of carbonyl (C=O) groups is 2. The highest BCUT2D eigenvalue weighted by molar-refractivity contribution is 7.46. The van der Waals surface area contributed by atoms with Gasteiger partial charge in [0, 0.05) is 0 Å². The molecule has 47 heavy (non-hydrogen) atoms. The highest BCUT2D eigenvalue weighted by Gasteiger charge is 2.51. The zero-order valence-corrected chi connectivity index (χ0v) is 24.5. The van der Waals surface area contributed by atoms with Crippen LogP contribution in [0.1, 0.15) is 6.23 Å². The lowest BCUT2D eigenvalue weighted by Gasteiger charge is -2.43. The third kappa shape index (κ3) is 7.83. The van der Waals surface area contributed by atoms with Crippen LogP contribution >= 0.6 is 7.82 Å². The number of nitrogen functional groups attached to an aromatic ring is 1. The van der Waals surface area contributed by atoms with Gasteiger partial charge in [0.15, 0.2) is 36.2 Å². The summed E-state index contributed by atoms with van der Waals surface area (Å²) in [4.78, 5) is 53.1. The number of fused-ring (bicyclic) bond motifs is 1. The minimum atomic E-state index is -5.64. The van der Waals surface area contributed by atoms with Crippen molar-refractivity contribution in [1.82, 2.24) is 19.5 Å². The van der Waals surface area contributed by atoms with Crippen LogP contribution in [0.15, 0.2) is 12.7 Å². The maximum Gasteiger partial charge on any atom is 0.470 e. The van der Waals surface area contributed by atoms with Crippen LogP contribution in [0, 0.1) is 0 Å². The lowest BCUT2D eigenvalue weighted by molar-refractivity contribution is -0.324. The Labute approximate surface area is 261 Å². The molecule has 24 nitrogen and oxygen atoms in total. The Morgan fingerprint density at radius 3 is 2.26 bits per heavy atom. The monoisotopic (exact) mass is 701 g/mol. The van der Waals surface area contributed by atoms with Crippen molar-refractivity contribution in [1.29, 1.82) is 0 Å². The third-order valence-electron chi connectivity index (χ3n) is 7.27. The fraction of sp³-hybridized carbons (Fsp3) is 0.682. The molecule has 13 atom stereocenters. The van der Waals surface area contributed by atoms with E-state index in [4.69, 9.17) is 39.6 Å². The highest BCUT2D eigenvalue weighted by Crippen LogP contribution is 2.40. The number of rotatable bonds is 14. The Bertz CT molecular complexity index is 1460. The molecule has 25 heteroatoms. The molecular weight excluding hydrogens is 669 g/mol. The fourth-order valence-electron chi connectivity index (χ4n) is 4.94. The molecule has 2 aliphatic heterocycles. The Kier molecular flexibility index (Phi) is 11.4. The number of hydrogen-bond acceptors (Lipinski definition) is 19. The van der Waals surface area contributed by atoms with Gasteiger partial charge in [0.25, 0.3) is 0 Å². The van der Waals surface area contributed by atoms with Gasteiger partial charge >= 0.3 is 19.8 Å². The van der Waals surface area contributed by atoms with E-state index in [-0.39, 0.29) is 17.0 Å². The first kappa shape index (κ1) is 36.8. The molecule has 2 aromatic rings. The van der Waals surface area contributed by atoms with Crippen molar-refractivity contribution in [2.45, 2.75) is 79.7 Å². The quantitative estimate of drug-likeness (QED) is 0.0814. The number of aliphatic hydroxyl groups is 7. The van der Waals surface area contributed by atoms with Gasteiger partial charge in [-0.3, -0.25) is 9.09 Å². The summed E-state index contributed by atoms with van der Waals surface area (Å²) >= 11 is 0. The number of hydrogen-bond donors (Lipinski definition) is 12. The van der Waals surface area contributed by atoms with Gasteiger partial charge in [0.1, 0.15) is 66.8 Å². The van der Waals surface area contributed by atoms with E-state index in [1.54, 1.807) is 0 Å². The van der Waals surface area contributed by atoms with Crippen LogP contribution in [0.2, 0.25) is 0 Å². The number of carboxylic acid groups (broad SMARTS) is 2. The summed E-state index contributed by atoms with van der Waals surface area (Å²) < 4.78 is 38.2. The van der Waals surface area contributed by atoms with Crippen molar-refractivity contribution in [2.75, 3.05) is 18.9 Å². The van der Waals surface area contributed by atoms with E-state index < -0.39 is 113 Å². The summed E-state index contributed by atoms with van der Waals surface area (Å²) in [6.45, 7) is -1.57.